The van der Waals surface area contributed by atoms with Crippen LogP contribution in [0.25, 0.3) is 0 Å². The maximum absolute atomic E-state index is 12.3. The topological polar surface area (TPSA) is 124 Å². The van der Waals surface area contributed by atoms with Crippen molar-refractivity contribution in [2.75, 3.05) is 0 Å². The van der Waals surface area contributed by atoms with Gasteiger partial charge in [0.25, 0.3) is 5.56 Å². The van der Waals surface area contributed by atoms with E-state index in [0.717, 1.165) is 0 Å². The molecule has 4 amide bonds. The molecule has 124 valence electrons. The summed E-state index contributed by atoms with van der Waals surface area (Å²) in [5.74, 6) is -3.82. The highest BCUT2D eigenvalue weighted by Crippen LogP contribution is 2.36. The number of amides is 4. The summed E-state index contributed by atoms with van der Waals surface area (Å²) in [6.07, 6.45) is 0. The number of halogens is 1. The highest BCUT2D eigenvalue weighted by Gasteiger charge is 2.44. The van der Waals surface area contributed by atoms with Gasteiger partial charge >= 0.3 is 6.03 Å². The van der Waals surface area contributed by atoms with Crippen molar-refractivity contribution in [3.63, 3.8) is 0 Å². The number of nitrogens with one attached hydrogen (secondary N) is 4. The first-order chi connectivity index (χ1) is 11.4. The molecule has 0 bridgehead atoms. The number of benzene rings is 1. The zero-order valence-electron chi connectivity index (χ0n) is 12.5. The molecule has 1 unspecified atom stereocenters. The Morgan fingerprint density at radius 1 is 1.00 bits per heavy atom. The first-order valence-electron chi connectivity index (χ1n) is 7.07. The van der Waals surface area contributed by atoms with Crippen LogP contribution in [0.4, 0.5) is 4.79 Å². The Morgan fingerprint density at radius 2 is 1.62 bits per heavy atom. The predicted molar refractivity (Wildman–Crippen MR) is 84.6 cm³/mol. The molecule has 24 heavy (non-hydrogen) atoms. The first-order valence-corrected chi connectivity index (χ1v) is 7.45. The van der Waals surface area contributed by atoms with E-state index in [9.17, 15) is 19.2 Å². The molecule has 0 saturated carbocycles. The summed E-state index contributed by atoms with van der Waals surface area (Å²) in [5.41, 5.74) is 0.669. The van der Waals surface area contributed by atoms with E-state index in [1.807, 2.05) is 0 Å². The predicted octanol–water partition coefficient (Wildman–Crippen LogP) is 0.779. The minimum atomic E-state index is -1.31. The summed E-state index contributed by atoms with van der Waals surface area (Å²) < 4.78 is 0. The molecular formula is C15H13ClN4O4. The third kappa shape index (κ3) is 2.61. The second-order valence-electron chi connectivity index (χ2n) is 5.40. The smallest absolute Gasteiger partial charge is 0.302 e. The average molecular weight is 349 g/mol. The minimum absolute atomic E-state index is 0.216. The molecule has 4 N–H and O–H groups in total. The number of aromatic nitrogens is 2. The third-order valence-corrected chi connectivity index (χ3v) is 4.28. The van der Waals surface area contributed by atoms with Gasteiger partial charge in [-0.3, -0.25) is 30.1 Å². The largest absolute Gasteiger partial charge is 0.328 e. The van der Waals surface area contributed by atoms with Crippen LogP contribution in [0, 0.1) is 12.8 Å². The average Bonchev–Trinajstić information content (AvgIpc) is 2.83. The Morgan fingerprint density at radius 3 is 2.17 bits per heavy atom. The molecule has 0 spiro atoms. The van der Waals surface area contributed by atoms with Gasteiger partial charge in [-0.05, 0) is 18.6 Å². The molecule has 0 radical (unpaired) electrons. The maximum atomic E-state index is 12.3. The van der Waals surface area contributed by atoms with E-state index in [1.54, 1.807) is 31.2 Å². The molecule has 8 nitrogen and oxygen atoms in total. The van der Waals surface area contributed by atoms with Crippen molar-refractivity contribution in [1.29, 1.82) is 0 Å². The Hall–Kier alpha value is -2.87. The van der Waals surface area contributed by atoms with Crippen LogP contribution < -0.4 is 16.2 Å². The molecule has 2 aromatic rings. The summed E-state index contributed by atoms with van der Waals surface area (Å²) in [4.78, 5) is 48.1. The molecule has 9 heteroatoms. The fraction of sp³-hybridized carbons (Fsp3) is 0.200. The fourth-order valence-electron chi connectivity index (χ4n) is 2.89. The molecule has 1 aromatic heterocycles. The molecule has 1 aromatic carbocycles. The third-order valence-electron chi connectivity index (χ3n) is 3.94. The Bertz CT molecular complexity index is 881. The van der Waals surface area contributed by atoms with Crippen molar-refractivity contribution in [3.05, 3.63) is 56.5 Å². The highest BCUT2D eigenvalue weighted by atomic mass is 35.5. The number of barbiturate groups is 1. The van der Waals surface area contributed by atoms with Crippen LogP contribution in [0.1, 0.15) is 22.7 Å². The lowest BCUT2D eigenvalue weighted by molar-refractivity contribution is -0.136. The van der Waals surface area contributed by atoms with Crippen molar-refractivity contribution >= 4 is 29.4 Å². The molecule has 3 rings (SSSR count). The van der Waals surface area contributed by atoms with Crippen molar-refractivity contribution in [1.82, 2.24) is 20.8 Å². The Kier molecular flexibility index (Phi) is 3.98. The zero-order valence-corrected chi connectivity index (χ0v) is 13.2. The normalized spacial score (nSPS) is 16.7. The molecule has 1 atom stereocenters. The lowest BCUT2D eigenvalue weighted by atomic mass is 9.79. The molecule has 1 aliphatic heterocycles. The second-order valence-corrected chi connectivity index (χ2v) is 5.81. The van der Waals surface area contributed by atoms with Crippen molar-refractivity contribution in [3.8, 4) is 0 Å². The second kappa shape index (κ2) is 5.97. The number of carbonyl (C=O) groups excluding carboxylic acids is 3. The van der Waals surface area contributed by atoms with Crippen molar-refractivity contribution < 1.29 is 14.4 Å². The van der Waals surface area contributed by atoms with Gasteiger partial charge in [0.05, 0.1) is 0 Å². The van der Waals surface area contributed by atoms with Gasteiger partial charge in [-0.15, -0.1) is 0 Å². The van der Waals surface area contributed by atoms with E-state index in [-0.39, 0.29) is 5.56 Å². The number of urea groups is 1. The maximum Gasteiger partial charge on any atom is 0.328 e. The number of imide groups is 2. The number of aryl methyl sites for hydroxylation is 1. The number of H-pyrrole nitrogens is 2. The van der Waals surface area contributed by atoms with Crippen molar-refractivity contribution in [2.45, 2.75) is 12.8 Å². The van der Waals surface area contributed by atoms with E-state index in [0.29, 0.717) is 16.3 Å². The molecule has 1 fully saturated rings. The summed E-state index contributed by atoms with van der Waals surface area (Å²) in [6, 6.07) is 5.73. The van der Waals surface area contributed by atoms with E-state index in [1.165, 1.54) is 0 Å². The molecule has 1 saturated heterocycles. The number of rotatable bonds is 3. The molecular weight excluding hydrogens is 336 g/mol. The number of carbonyl (C=O) groups is 3. The van der Waals surface area contributed by atoms with E-state index in [4.69, 9.17) is 11.6 Å². The molecule has 0 aliphatic carbocycles. The first kappa shape index (κ1) is 16.0. The van der Waals surface area contributed by atoms with Crippen molar-refractivity contribution in [2.24, 2.45) is 5.92 Å². The monoisotopic (exact) mass is 348 g/mol. The Labute approximate surface area is 140 Å². The van der Waals surface area contributed by atoms with Crippen LogP contribution in [-0.4, -0.2) is 28.0 Å². The van der Waals surface area contributed by atoms with Crippen LogP contribution >= 0.6 is 11.6 Å². The fourth-order valence-corrected chi connectivity index (χ4v) is 3.14. The summed E-state index contributed by atoms with van der Waals surface area (Å²) in [7, 11) is 0. The Balaban J connectivity index is 2.22. The minimum Gasteiger partial charge on any atom is -0.302 e. The van der Waals surface area contributed by atoms with Gasteiger partial charge < -0.3 is 5.10 Å². The van der Waals surface area contributed by atoms with Crippen LogP contribution in [0.2, 0.25) is 5.02 Å². The van der Waals surface area contributed by atoms with E-state index < -0.39 is 35.2 Å². The number of hydrogen-bond acceptors (Lipinski definition) is 4. The van der Waals surface area contributed by atoms with Crippen LogP contribution in [0.3, 0.4) is 0 Å². The zero-order chi connectivity index (χ0) is 17.4. The van der Waals surface area contributed by atoms with Gasteiger partial charge in [0.15, 0.2) is 0 Å². The summed E-state index contributed by atoms with van der Waals surface area (Å²) in [5, 5.41) is 9.52. The standard InChI is InChI=1S/C15H13ClN4O4/c1-6-9(14(23)20-19-6)10(7-4-2-3-5-8(7)16)11-12(21)17-15(24)18-13(11)22/h2-5,10-11H,1H3,(H2,19,20,23)(H2,17,18,21,22,24). The van der Waals surface area contributed by atoms with Gasteiger partial charge in [-0.2, -0.15) is 0 Å². The highest BCUT2D eigenvalue weighted by molar-refractivity contribution is 6.31. The van der Waals surface area contributed by atoms with Gasteiger partial charge in [0.2, 0.25) is 11.8 Å². The van der Waals surface area contributed by atoms with Gasteiger partial charge in [0.1, 0.15) is 5.92 Å². The van der Waals surface area contributed by atoms with E-state index >= 15 is 0 Å². The quantitative estimate of drug-likeness (QED) is 0.612. The molecule has 1 aliphatic rings. The SMILES string of the molecule is Cc1[nH][nH]c(=O)c1C(c1ccccc1Cl)C1C(=O)NC(=O)NC1=O. The lowest BCUT2D eigenvalue weighted by Crippen LogP contribution is -2.57. The van der Waals surface area contributed by atoms with Gasteiger partial charge in [0, 0.05) is 22.2 Å². The number of hydrogen-bond donors (Lipinski definition) is 4. The summed E-state index contributed by atoms with van der Waals surface area (Å²) >= 11 is 6.23. The van der Waals surface area contributed by atoms with Crippen LogP contribution in [0.5, 0.6) is 0 Å². The lowest BCUT2D eigenvalue weighted by Gasteiger charge is -2.28. The van der Waals surface area contributed by atoms with Crippen LogP contribution in [0.15, 0.2) is 29.1 Å². The van der Waals surface area contributed by atoms with Gasteiger partial charge in [-0.25, -0.2) is 4.79 Å². The van der Waals surface area contributed by atoms with Gasteiger partial charge in [-0.1, -0.05) is 29.8 Å². The van der Waals surface area contributed by atoms with E-state index in [2.05, 4.69) is 20.8 Å². The number of aromatic amines is 2. The van der Waals surface area contributed by atoms with Crippen LogP contribution in [-0.2, 0) is 9.59 Å². The summed E-state index contributed by atoms with van der Waals surface area (Å²) in [6.45, 7) is 1.64. The molecule has 2 heterocycles.